The molecule has 0 aliphatic carbocycles. The molecule has 2 N–H and O–H groups in total. The zero-order valence-corrected chi connectivity index (χ0v) is 20.2. The van der Waals surface area contributed by atoms with Gasteiger partial charge in [0.1, 0.15) is 6.61 Å². The van der Waals surface area contributed by atoms with Gasteiger partial charge in [0.15, 0.2) is 11.5 Å². The van der Waals surface area contributed by atoms with E-state index in [-0.39, 0.29) is 17.9 Å². The Bertz CT molecular complexity index is 1120. The quantitative estimate of drug-likeness (QED) is 0.247. The number of fused-ring (bicyclic) bond motifs is 1. The predicted molar refractivity (Wildman–Crippen MR) is 139 cm³/mol. The summed E-state index contributed by atoms with van der Waals surface area (Å²) in [5.41, 5.74) is 3.68. The molecule has 4 nitrogen and oxygen atoms in total. The Balaban J connectivity index is 0.00000306. The second-order valence-electron chi connectivity index (χ2n) is 8.77. The van der Waals surface area contributed by atoms with E-state index in [1.165, 1.54) is 16.5 Å². The van der Waals surface area contributed by atoms with Gasteiger partial charge in [-0.1, -0.05) is 60.7 Å². The number of hydrogen-bond acceptors (Lipinski definition) is 3. The van der Waals surface area contributed by atoms with Gasteiger partial charge in [-0.2, -0.15) is 0 Å². The van der Waals surface area contributed by atoms with Crippen molar-refractivity contribution in [3.8, 4) is 11.5 Å². The maximum absolute atomic E-state index is 6.03. The first-order valence-electron chi connectivity index (χ1n) is 11.3. The molecule has 1 aromatic heterocycles. The van der Waals surface area contributed by atoms with Crippen LogP contribution in [0, 0.1) is 0 Å². The second kappa shape index (κ2) is 11.8. The van der Waals surface area contributed by atoms with Gasteiger partial charge in [0.05, 0.1) is 6.61 Å². The summed E-state index contributed by atoms with van der Waals surface area (Å²) in [6.07, 6.45) is 4.02. The Morgan fingerprint density at radius 1 is 0.818 bits per heavy atom. The van der Waals surface area contributed by atoms with E-state index >= 15 is 0 Å². The van der Waals surface area contributed by atoms with E-state index in [9.17, 15) is 0 Å². The summed E-state index contributed by atoms with van der Waals surface area (Å²) in [4.78, 5) is 3.37. The predicted octanol–water partition coefficient (Wildman–Crippen LogP) is 6.55. The minimum absolute atomic E-state index is 0. The van der Waals surface area contributed by atoms with Gasteiger partial charge in [-0.25, -0.2) is 0 Å². The Hall–Kier alpha value is -2.95. The van der Waals surface area contributed by atoms with Crippen LogP contribution in [0.5, 0.6) is 11.5 Å². The van der Waals surface area contributed by atoms with Crippen molar-refractivity contribution in [2.45, 2.75) is 38.8 Å². The number of nitrogens with one attached hydrogen (secondary N) is 2. The second-order valence-corrected chi connectivity index (χ2v) is 8.77. The molecule has 3 aromatic carbocycles. The molecule has 0 aliphatic rings. The minimum atomic E-state index is 0. The van der Waals surface area contributed by atoms with Gasteiger partial charge in [-0.05, 0) is 62.6 Å². The van der Waals surface area contributed by atoms with Crippen LogP contribution in [0.15, 0.2) is 85.1 Å². The van der Waals surface area contributed by atoms with Crippen molar-refractivity contribution in [3.63, 3.8) is 0 Å². The van der Waals surface area contributed by atoms with Crippen LogP contribution >= 0.6 is 12.4 Å². The lowest BCUT2D eigenvalue weighted by molar-refractivity contribution is 0.255. The van der Waals surface area contributed by atoms with Crippen molar-refractivity contribution in [1.29, 1.82) is 0 Å². The fourth-order valence-electron chi connectivity index (χ4n) is 3.92. The largest absolute Gasteiger partial charge is 0.490 e. The van der Waals surface area contributed by atoms with Gasteiger partial charge in [-0.15, -0.1) is 12.4 Å². The molecule has 4 rings (SSSR count). The highest BCUT2D eigenvalue weighted by molar-refractivity contribution is 5.85. The molecule has 5 heteroatoms. The molecule has 174 valence electrons. The van der Waals surface area contributed by atoms with Crippen LogP contribution in [-0.2, 0) is 13.0 Å². The van der Waals surface area contributed by atoms with E-state index in [0.29, 0.717) is 13.2 Å². The molecule has 0 unspecified atom stereocenters. The van der Waals surface area contributed by atoms with E-state index in [1.54, 1.807) is 0 Å². The van der Waals surface area contributed by atoms with Crippen LogP contribution in [0.4, 0.5) is 0 Å². The SMILES string of the molecule is CC(C)(Cc1c[nH]c2ccccc12)NCCCOc1ccccc1OCc1ccccc1.Cl. The maximum atomic E-state index is 6.03. The van der Waals surface area contributed by atoms with Gasteiger partial charge in [0.25, 0.3) is 0 Å². The molecule has 0 aliphatic heterocycles. The van der Waals surface area contributed by atoms with E-state index in [0.717, 1.165) is 36.4 Å². The molecule has 0 fully saturated rings. The Morgan fingerprint density at radius 3 is 2.27 bits per heavy atom. The molecule has 33 heavy (non-hydrogen) atoms. The van der Waals surface area contributed by atoms with Crippen molar-refractivity contribution >= 4 is 23.3 Å². The number of aromatic amines is 1. The number of benzene rings is 3. The van der Waals surface area contributed by atoms with Gasteiger partial charge in [0.2, 0.25) is 0 Å². The van der Waals surface area contributed by atoms with Gasteiger partial charge < -0.3 is 19.8 Å². The molecule has 0 bridgehead atoms. The molecular weight excluding hydrogens is 432 g/mol. The molecule has 0 spiro atoms. The highest BCUT2D eigenvalue weighted by Crippen LogP contribution is 2.27. The number of H-pyrrole nitrogens is 1. The van der Waals surface area contributed by atoms with Crippen LogP contribution in [-0.4, -0.2) is 23.7 Å². The zero-order chi connectivity index (χ0) is 22.2. The highest BCUT2D eigenvalue weighted by Gasteiger charge is 2.19. The van der Waals surface area contributed by atoms with Crippen LogP contribution < -0.4 is 14.8 Å². The lowest BCUT2D eigenvalue weighted by atomic mass is 9.94. The summed E-state index contributed by atoms with van der Waals surface area (Å²) in [6, 6.07) is 26.5. The lowest BCUT2D eigenvalue weighted by Gasteiger charge is -2.26. The summed E-state index contributed by atoms with van der Waals surface area (Å²) in [5, 5.41) is 4.99. The van der Waals surface area contributed by atoms with Crippen molar-refractivity contribution in [2.24, 2.45) is 0 Å². The monoisotopic (exact) mass is 464 g/mol. The molecule has 4 aromatic rings. The fourth-order valence-corrected chi connectivity index (χ4v) is 3.92. The third-order valence-corrected chi connectivity index (χ3v) is 5.58. The third-order valence-electron chi connectivity index (χ3n) is 5.58. The first kappa shape index (κ1) is 24.7. The topological polar surface area (TPSA) is 46.3 Å². The summed E-state index contributed by atoms with van der Waals surface area (Å²) in [7, 11) is 0. The minimum Gasteiger partial charge on any atom is -0.490 e. The van der Waals surface area contributed by atoms with Crippen molar-refractivity contribution in [1.82, 2.24) is 10.3 Å². The standard InChI is InChI=1S/C28H32N2O2.ClH/c1-28(2,19-23-20-29-25-14-7-6-13-24(23)25)30-17-10-18-31-26-15-8-9-16-27(26)32-21-22-11-4-3-5-12-22;/h3-9,11-16,20,29-30H,10,17-19,21H2,1-2H3;1H. The molecule has 0 saturated carbocycles. The van der Waals surface area contributed by atoms with Gasteiger partial charge in [0, 0.05) is 22.6 Å². The third kappa shape index (κ3) is 7.01. The average molecular weight is 465 g/mol. The van der Waals surface area contributed by atoms with Crippen LogP contribution in [0.2, 0.25) is 0 Å². The van der Waals surface area contributed by atoms with E-state index < -0.39 is 0 Å². The average Bonchev–Trinajstić information content (AvgIpc) is 3.21. The molecule has 0 radical (unpaired) electrons. The molecule has 0 saturated heterocycles. The van der Waals surface area contributed by atoms with Gasteiger partial charge >= 0.3 is 0 Å². The highest BCUT2D eigenvalue weighted by atomic mass is 35.5. The first-order valence-corrected chi connectivity index (χ1v) is 11.3. The molecule has 0 amide bonds. The van der Waals surface area contributed by atoms with Gasteiger partial charge in [-0.3, -0.25) is 0 Å². The Labute approximate surface area is 202 Å². The van der Waals surface area contributed by atoms with E-state index in [4.69, 9.17) is 9.47 Å². The number of halogens is 1. The van der Waals surface area contributed by atoms with Crippen LogP contribution in [0.1, 0.15) is 31.4 Å². The van der Waals surface area contributed by atoms with E-state index in [2.05, 4.69) is 66.7 Å². The van der Waals surface area contributed by atoms with Crippen LogP contribution in [0.3, 0.4) is 0 Å². The van der Waals surface area contributed by atoms with Crippen molar-refractivity contribution in [2.75, 3.05) is 13.2 Å². The summed E-state index contributed by atoms with van der Waals surface area (Å²) in [6.45, 7) is 6.57. The van der Waals surface area contributed by atoms with E-state index in [1.807, 2.05) is 42.5 Å². The zero-order valence-electron chi connectivity index (χ0n) is 19.3. The maximum Gasteiger partial charge on any atom is 0.161 e. The molecule has 0 atom stereocenters. The summed E-state index contributed by atoms with van der Waals surface area (Å²) in [5.74, 6) is 1.57. The number of aromatic nitrogens is 1. The fraction of sp³-hybridized carbons (Fsp3) is 0.286. The van der Waals surface area contributed by atoms with Crippen molar-refractivity contribution < 1.29 is 9.47 Å². The smallest absolute Gasteiger partial charge is 0.161 e. The van der Waals surface area contributed by atoms with Crippen molar-refractivity contribution in [3.05, 3.63) is 96.2 Å². The number of ether oxygens (including phenoxy) is 2. The lowest BCUT2D eigenvalue weighted by Crippen LogP contribution is -2.42. The normalized spacial score (nSPS) is 11.2. The number of hydrogen-bond donors (Lipinski definition) is 2. The molecule has 1 heterocycles. The Kier molecular flexibility index (Phi) is 8.81. The summed E-state index contributed by atoms with van der Waals surface area (Å²) < 4.78 is 12.0. The first-order chi connectivity index (χ1) is 15.6. The Morgan fingerprint density at radius 2 is 1.48 bits per heavy atom. The number of rotatable bonds is 11. The summed E-state index contributed by atoms with van der Waals surface area (Å²) >= 11 is 0. The molecular formula is C28H33ClN2O2. The van der Waals surface area contributed by atoms with Crippen LogP contribution in [0.25, 0.3) is 10.9 Å². The number of para-hydroxylation sites is 3.